The SMILES string of the molecule is Nc1ccc(-c2ccco2)cc1CC(=O)c1cnc(N2CCNCC2)cn1. The van der Waals surface area contributed by atoms with Gasteiger partial charge in [-0.15, -0.1) is 0 Å². The van der Waals surface area contributed by atoms with Gasteiger partial charge in [0.05, 0.1) is 18.7 Å². The second kappa shape index (κ2) is 7.59. The number of nitrogen functional groups attached to an aromatic ring is 1. The predicted octanol–water partition coefficient (Wildman–Crippen LogP) is 2.15. The van der Waals surface area contributed by atoms with Crippen LogP contribution in [0, 0.1) is 0 Å². The van der Waals surface area contributed by atoms with Crippen LogP contribution in [-0.2, 0) is 6.42 Å². The normalized spacial score (nSPS) is 14.3. The van der Waals surface area contributed by atoms with Gasteiger partial charge in [0.15, 0.2) is 5.78 Å². The quantitative estimate of drug-likeness (QED) is 0.529. The molecule has 1 fully saturated rings. The van der Waals surface area contributed by atoms with Crippen LogP contribution in [0.25, 0.3) is 11.3 Å². The van der Waals surface area contributed by atoms with Gasteiger partial charge in [0.1, 0.15) is 17.3 Å². The van der Waals surface area contributed by atoms with Gasteiger partial charge in [-0.05, 0) is 35.9 Å². The van der Waals surface area contributed by atoms with Crippen LogP contribution in [0.1, 0.15) is 16.1 Å². The molecule has 1 aliphatic heterocycles. The molecule has 3 N–H and O–H groups in total. The first-order valence-corrected chi connectivity index (χ1v) is 8.94. The Morgan fingerprint density at radius 1 is 1.19 bits per heavy atom. The van der Waals surface area contributed by atoms with Crippen molar-refractivity contribution >= 4 is 17.3 Å². The van der Waals surface area contributed by atoms with E-state index in [0.29, 0.717) is 11.4 Å². The standard InChI is InChI=1S/C20H21N5O2/c21-16-4-3-14(19-2-1-9-27-19)10-15(16)11-18(26)17-12-24-20(13-23-17)25-7-5-22-6-8-25/h1-4,9-10,12-13,22H,5-8,11,21H2. The van der Waals surface area contributed by atoms with Crippen molar-refractivity contribution in [3.05, 3.63) is 60.2 Å². The van der Waals surface area contributed by atoms with Crippen LogP contribution in [0.4, 0.5) is 11.5 Å². The van der Waals surface area contributed by atoms with Crippen molar-refractivity contribution in [3.63, 3.8) is 0 Å². The van der Waals surface area contributed by atoms with E-state index in [4.69, 9.17) is 10.2 Å². The van der Waals surface area contributed by atoms with Gasteiger partial charge in [-0.3, -0.25) is 4.79 Å². The van der Waals surface area contributed by atoms with Crippen molar-refractivity contribution < 1.29 is 9.21 Å². The number of hydrogen-bond acceptors (Lipinski definition) is 7. The number of nitrogens with one attached hydrogen (secondary N) is 1. The zero-order valence-electron chi connectivity index (χ0n) is 14.9. The van der Waals surface area contributed by atoms with Gasteiger partial charge in [0.2, 0.25) is 0 Å². The topological polar surface area (TPSA) is 97.3 Å². The number of ketones is 1. The number of Topliss-reactive ketones (excluding diaryl/α,β-unsaturated/α-hetero) is 1. The van der Waals surface area contributed by atoms with E-state index in [1.807, 2.05) is 24.3 Å². The third-order valence-electron chi connectivity index (χ3n) is 4.66. The Kier molecular flexibility index (Phi) is 4.84. The minimum atomic E-state index is -0.113. The van der Waals surface area contributed by atoms with Crippen molar-refractivity contribution in [3.8, 4) is 11.3 Å². The highest BCUT2D eigenvalue weighted by molar-refractivity contribution is 5.96. The molecule has 7 nitrogen and oxygen atoms in total. The Morgan fingerprint density at radius 3 is 2.74 bits per heavy atom. The minimum Gasteiger partial charge on any atom is -0.464 e. The highest BCUT2D eigenvalue weighted by Crippen LogP contribution is 2.25. The number of nitrogens with two attached hydrogens (primary N) is 1. The lowest BCUT2D eigenvalue weighted by molar-refractivity contribution is 0.0988. The number of hydrogen-bond donors (Lipinski definition) is 2. The first-order chi connectivity index (χ1) is 13.2. The molecule has 3 aromatic rings. The predicted molar refractivity (Wildman–Crippen MR) is 104 cm³/mol. The summed E-state index contributed by atoms with van der Waals surface area (Å²) in [5.74, 6) is 1.42. The van der Waals surface area contributed by atoms with E-state index in [0.717, 1.165) is 48.9 Å². The van der Waals surface area contributed by atoms with Crippen LogP contribution in [0.15, 0.2) is 53.4 Å². The molecule has 2 aromatic heterocycles. The van der Waals surface area contributed by atoms with Crippen LogP contribution in [0.2, 0.25) is 0 Å². The fourth-order valence-corrected chi connectivity index (χ4v) is 3.14. The summed E-state index contributed by atoms with van der Waals surface area (Å²) >= 11 is 0. The van der Waals surface area contributed by atoms with E-state index in [2.05, 4.69) is 20.2 Å². The summed E-state index contributed by atoms with van der Waals surface area (Å²) in [6.07, 6.45) is 5.00. The maximum absolute atomic E-state index is 12.6. The molecule has 1 aliphatic rings. The van der Waals surface area contributed by atoms with E-state index in [-0.39, 0.29) is 12.2 Å². The molecule has 0 saturated carbocycles. The van der Waals surface area contributed by atoms with Crippen molar-refractivity contribution in [2.45, 2.75) is 6.42 Å². The third kappa shape index (κ3) is 3.83. The van der Waals surface area contributed by atoms with Crippen molar-refractivity contribution in [1.82, 2.24) is 15.3 Å². The van der Waals surface area contributed by atoms with E-state index in [1.54, 1.807) is 24.7 Å². The molecule has 0 aliphatic carbocycles. The number of benzene rings is 1. The van der Waals surface area contributed by atoms with Crippen molar-refractivity contribution in [1.29, 1.82) is 0 Å². The number of piperazine rings is 1. The van der Waals surface area contributed by atoms with E-state index in [9.17, 15) is 4.79 Å². The Labute approximate surface area is 157 Å². The molecule has 0 atom stereocenters. The van der Waals surface area contributed by atoms with Gasteiger partial charge in [-0.25, -0.2) is 9.97 Å². The summed E-state index contributed by atoms with van der Waals surface area (Å²) in [6, 6.07) is 9.25. The number of furan rings is 1. The maximum Gasteiger partial charge on any atom is 0.187 e. The molecular weight excluding hydrogens is 342 g/mol. The Morgan fingerprint density at radius 2 is 2.04 bits per heavy atom. The Bertz CT molecular complexity index is 916. The fraction of sp³-hybridized carbons (Fsp3) is 0.250. The maximum atomic E-state index is 12.6. The molecule has 0 spiro atoms. The average Bonchev–Trinajstić information content (AvgIpc) is 3.25. The molecular formula is C20H21N5O2. The van der Waals surface area contributed by atoms with Gasteiger partial charge in [0.25, 0.3) is 0 Å². The van der Waals surface area contributed by atoms with Crippen LogP contribution >= 0.6 is 0 Å². The molecule has 7 heteroatoms. The number of rotatable bonds is 5. The highest BCUT2D eigenvalue weighted by atomic mass is 16.3. The molecule has 0 unspecified atom stereocenters. The fourth-order valence-electron chi connectivity index (χ4n) is 3.14. The summed E-state index contributed by atoms with van der Waals surface area (Å²) in [5.41, 5.74) is 8.61. The summed E-state index contributed by atoms with van der Waals surface area (Å²) in [7, 11) is 0. The molecule has 3 heterocycles. The lowest BCUT2D eigenvalue weighted by Gasteiger charge is -2.27. The van der Waals surface area contributed by atoms with Gasteiger partial charge >= 0.3 is 0 Å². The summed E-state index contributed by atoms with van der Waals surface area (Å²) in [6.45, 7) is 3.62. The Hall–Kier alpha value is -3.19. The molecule has 1 aromatic carbocycles. The molecule has 138 valence electrons. The molecule has 1 saturated heterocycles. The monoisotopic (exact) mass is 363 g/mol. The lowest BCUT2D eigenvalue weighted by Crippen LogP contribution is -2.43. The van der Waals surface area contributed by atoms with Crippen LogP contribution in [-0.4, -0.2) is 41.9 Å². The lowest BCUT2D eigenvalue weighted by atomic mass is 10.0. The highest BCUT2D eigenvalue weighted by Gasteiger charge is 2.15. The smallest absolute Gasteiger partial charge is 0.187 e. The second-order valence-corrected chi connectivity index (χ2v) is 6.49. The van der Waals surface area contributed by atoms with Crippen molar-refractivity contribution in [2.24, 2.45) is 0 Å². The zero-order valence-corrected chi connectivity index (χ0v) is 14.9. The van der Waals surface area contributed by atoms with E-state index >= 15 is 0 Å². The summed E-state index contributed by atoms with van der Waals surface area (Å²) in [4.78, 5) is 23.5. The largest absolute Gasteiger partial charge is 0.464 e. The zero-order chi connectivity index (χ0) is 18.6. The van der Waals surface area contributed by atoms with Crippen LogP contribution in [0.3, 0.4) is 0 Å². The number of carbonyl (C=O) groups is 1. The van der Waals surface area contributed by atoms with Gasteiger partial charge in [-0.1, -0.05) is 0 Å². The number of carbonyl (C=O) groups excluding carboxylic acids is 1. The number of nitrogens with zero attached hydrogens (tertiary/aromatic N) is 3. The molecule has 0 radical (unpaired) electrons. The second-order valence-electron chi connectivity index (χ2n) is 6.49. The summed E-state index contributed by atoms with van der Waals surface area (Å²) in [5, 5.41) is 3.30. The molecule has 4 rings (SSSR count). The minimum absolute atomic E-state index is 0.113. The first-order valence-electron chi connectivity index (χ1n) is 8.94. The molecule has 27 heavy (non-hydrogen) atoms. The Balaban J connectivity index is 1.49. The van der Waals surface area contributed by atoms with Gasteiger partial charge < -0.3 is 20.4 Å². The number of anilines is 2. The molecule has 0 amide bonds. The first kappa shape index (κ1) is 17.2. The van der Waals surface area contributed by atoms with E-state index < -0.39 is 0 Å². The van der Waals surface area contributed by atoms with Crippen LogP contribution < -0.4 is 16.0 Å². The van der Waals surface area contributed by atoms with Gasteiger partial charge in [-0.2, -0.15) is 0 Å². The number of aromatic nitrogens is 2. The third-order valence-corrected chi connectivity index (χ3v) is 4.66. The molecule has 0 bridgehead atoms. The van der Waals surface area contributed by atoms with Crippen molar-refractivity contribution in [2.75, 3.05) is 36.8 Å². The van der Waals surface area contributed by atoms with E-state index in [1.165, 1.54) is 0 Å². The van der Waals surface area contributed by atoms with Gasteiger partial charge in [0, 0.05) is 43.9 Å². The summed E-state index contributed by atoms with van der Waals surface area (Å²) < 4.78 is 5.42. The van der Waals surface area contributed by atoms with Crippen LogP contribution in [0.5, 0.6) is 0 Å². The average molecular weight is 363 g/mol.